The van der Waals surface area contributed by atoms with Crippen molar-refractivity contribution in [2.24, 2.45) is 0 Å². The number of anilines is 1. The van der Waals surface area contributed by atoms with Gasteiger partial charge in [-0.15, -0.1) is 0 Å². The van der Waals surface area contributed by atoms with E-state index in [1.54, 1.807) is 24.3 Å². The standard InChI is InChI=1S/C16H20F3NO4/c17-16(18,19)11-22-9-7-15(21)20-12-3-5-13(6-4-12)24-10-14-2-1-8-23-14/h3-6,14H,1-2,7-11H2,(H,20,21). The van der Waals surface area contributed by atoms with Gasteiger partial charge < -0.3 is 19.5 Å². The molecule has 1 aromatic rings. The lowest BCUT2D eigenvalue weighted by atomic mass is 10.2. The summed E-state index contributed by atoms with van der Waals surface area (Å²) in [7, 11) is 0. The molecule has 1 unspecified atom stereocenters. The lowest BCUT2D eigenvalue weighted by Gasteiger charge is -2.12. The Morgan fingerprint density at radius 2 is 2.04 bits per heavy atom. The van der Waals surface area contributed by atoms with Gasteiger partial charge in [-0.25, -0.2) is 0 Å². The van der Waals surface area contributed by atoms with Crippen LogP contribution in [0, 0.1) is 0 Å². The van der Waals surface area contributed by atoms with Crippen molar-refractivity contribution in [3.05, 3.63) is 24.3 Å². The number of halogens is 3. The number of amides is 1. The fourth-order valence-corrected chi connectivity index (χ4v) is 2.18. The monoisotopic (exact) mass is 347 g/mol. The normalized spacial score (nSPS) is 17.7. The zero-order valence-electron chi connectivity index (χ0n) is 13.1. The van der Waals surface area contributed by atoms with E-state index in [0.29, 0.717) is 18.0 Å². The topological polar surface area (TPSA) is 56.8 Å². The Morgan fingerprint density at radius 1 is 1.29 bits per heavy atom. The quantitative estimate of drug-likeness (QED) is 0.734. The fourth-order valence-electron chi connectivity index (χ4n) is 2.18. The van der Waals surface area contributed by atoms with Crippen LogP contribution in [0.15, 0.2) is 24.3 Å². The second-order valence-corrected chi connectivity index (χ2v) is 5.44. The molecule has 0 aliphatic carbocycles. The van der Waals surface area contributed by atoms with Crippen LogP contribution in [-0.2, 0) is 14.3 Å². The summed E-state index contributed by atoms with van der Waals surface area (Å²) in [6, 6.07) is 6.76. The van der Waals surface area contributed by atoms with Crippen molar-refractivity contribution >= 4 is 11.6 Å². The number of alkyl halides is 3. The van der Waals surface area contributed by atoms with Gasteiger partial charge in [-0.05, 0) is 37.1 Å². The zero-order valence-corrected chi connectivity index (χ0v) is 13.1. The van der Waals surface area contributed by atoms with Crippen molar-refractivity contribution < 1.29 is 32.2 Å². The van der Waals surface area contributed by atoms with Crippen LogP contribution in [0.1, 0.15) is 19.3 Å². The second-order valence-electron chi connectivity index (χ2n) is 5.44. The third-order valence-electron chi connectivity index (χ3n) is 3.34. The van der Waals surface area contributed by atoms with Crippen molar-refractivity contribution in [3.63, 3.8) is 0 Å². The van der Waals surface area contributed by atoms with Gasteiger partial charge in [-0.1, -0.05) is 0 Å². The molecule has 1 N–H and O–H groups in total. The lowest BCUT2D eigenvalue weighted by molar-refractivity contribution is -0.174. The van der Waals surface area contributed by atoms with E-state index in [1.165, 1.54) is 0 Å². The summed E-state index contributed by atoms with van der Waals surface area (Å²) in [5, 5.41) is 2.58. The number of ether oxygens (including phenoxy) is 3. The molecule has 1 amide bonds. The fraction of sp³-hybridized carbons (Fsp3) is 0.562. The molecule has 1 aromatic carbocycles. The molecule has 1 aliphatic heterocycles. The Morgan fingerprint density at radius 3 is 2.67 bits per heavy atom. The highest BCUT2D eigenvalue weighted by molar-refractivity contribution is 5.90. The SMILES string of the molecule is O=C(CCOCC(F)(F)F)Nc1ccc(OCC2CCCO2)cc1. The van der Waals surface area contributed by atoms with Gasteiger partial charge in [0.2, 0.25) is 5.91 Å². The molecular formula is C16H20F3NO4. The molecular weight excluding hydrogens is 327 g/mol. The highest BCUT2D eigenvalue weighted by Gasteiger charge is 2.27. The zero-order chi connectivity index (χ0) is 17.4. The van der Waals surface area contributed by atoms with Crippen LogP contribution in [0.25, 0.3) is 0 Å². The van der Waals surface area contributed by atoms with Crippen molar-refractivity contribution in [3.8, 4) is 5.75 Å². The van der Waals surface area contributed by atoms with E-state index in [-0.39, 0.29) is 19.1 Å². The maximum absolute atomic E-state index is 11.9. The van der Waals surface area contributed by atoms with Crippen molar-refractivity contribution in [1.82, 2.24) is 0 Å². The van der Waals surface area contributed by atoms with E-state index in [1.807, 2.05) is 0 Å². The van der Waals surface area contributed by atoms with Gasteiger partial charge in [0.1, 0.15) is 19.0 Å². The largest absolute Gasteiger partial charge is 0.491 e. The predicted octanol–water partition coefficient (Wildman–Crippen LogP) is 3.15. The predicted molar refractivity (Wildman–Crippen MR) is 81.0 cm³/mol. The molecule has 0 bridgehead atoms. The first kappa shape index (κ1) is 18.5. The Balaban J connectivity index is 1.65. The number of nitrogens with one attached hydrogen (secondary N) is 1. The molecule has 24 heavy (non-hydrogen) atoms. The van der Waals surface area contributed by atoms with Crippen molar-refractivity contribution in [1.29, 1.82) is 0 Å². The molecule has 0 aromatic heterocycles. The molecule has 1 heterocycles. The summed E-state index contributed by atoms with van der Waals surface area (Å²) in [4.78, 5) is 11.6. The van der Waals surface area contributed by atoms with Crippen molar-refractivity contribution in [2.45, 2.75) is 31.5 Å². The first-order valence-electron chi connectivity index (χ1n) is 7.71. The molecule has 1 aliphatic rings. The molecule has 2 rings (SSSR count). The van der Waals surface area contributed by atoms with Crippen LogP contribution in [-0.4, -0.2) is 44.6 Å². The van der Waals surface area contributed by atoms with Crippen LogP contribution in [0.3, 0.4) is 0 Å². The van der Waals surface area contributed by atoms with E-state index in [9.17, 15) is 18.0 Å². The number of hydrogen-bond acceptors (Lipinski definition) is 4. The minimum absolute atomic E-state index is 0.126. The van der Waals surface area contributed by atoms with E-state index < -0.39 is 18.7 Å². The average Bonchev–Trinajstić information content (AvgIpc) is 3.03. The minimum atomic E-state index is -4.38. The Hall–Kier alpha value is -1.80. The van der Waals surface area contributed by atoms with Crippen LogP contribution >= 0.6 is 0 Å². The Bertz CT molecular complexity index is 513. The number of carbonyl (C=O) groups is 1. The molecule has 134 valence electrons. The maximum atomic E-state index is 11.9. The summed E-state index contributed by atoms with van der Waals surface area (Å²) in [6.07, 6.45) is -2.36. The van der Waals surface area contributed by atoms with Gasteiger partial charge >= 0.3 is 6.18 Å². The summed E-state index contributed by atoms with van der Waals surface area (Å²) in [6.45, 7) is -0.376. The summed E-state index contributed by atoms with van der Waals surface area (Å²) >= 11 is 0. The summed E-state index contributed by atoms with van der Waals surface area (Å²) in [5.74, 6) is 0.252. The van der Waals surface area contributed by atoms with Gasteiger partial charge in [-0.2, -0.15) is 13.2 Å². The molecule has 1 fully saturated rings. The van der Waals surface area contributed by atoms with Gasteiger partial charge in [0.05, 0.1) is 19.1 Å². The first-order chi connectivity index (χ1) is 11.4. The van der Waals surface area contributed by atoms with Crippen LogP contribution in [0.5, 0.6) is 5.75 Å². The number of rotatable bonds is 8. The van der Waals surface area contributed by atoms with Gasteiger partial charge in [0, 0.05) is 12.3 Å². The van der Waals surface area contributed by atoms with Crippen LogP contribution in [0.2, 0.25) is 0 Å². The molecule has 0 spiro atoms. The van der Waals surface area contributed by atoms with E-state index in [2.05, 4.69) is 10.1 Å². The lowest BCUT2D eigenvalue weighted by Crippen LogP contribution is -2.20. The third kappa shape index (κ3) is 7.18. The first-order valence-corrected chi connectivity index (χ1v) is 7.71. The number of carbonyl (C=O) groups excluding carboxylic acids is 1. The molecule has 5 nitrogen and oxygen atoms in total. The molecule has 0 radical (unpaired) electrons. The summed E-state index contributed by atoms with van der Waals surface area (Å²) < 4.78 is 51.1. The smallest absolute Gasteiger partial charge is 0.411 e. The average molecular weight is 347 g/mol. The molecule has 0 saturated carbocycles. The molecule has 1 saturated heterocycles. The van der Waals surface area contributed by atoms with Crippen LogP contribution < -0.4 is 10.1 Å². The molecule has 8 heteroatoms. The van der Waals surface area contributed by atoms with Gasteiger partial charge in [0.15, 0.2) is 0 Å². The highest BCUT2D eigenvalue weighted by Crippen LogP contribution is 2.19. The van der Waals surface area contributed by atoms with E-state index in [4.69, 9.17) is 9.47 Å². The van der Waals surface area contributed by atoms with E-state index >= 15 is 0 Å². The highest BCUT2D eigenvalue weighted by atomic mass is 19.4. The Labute approximate surface area is 138 Å². The third-order valence-corrected chi connectivity index (χ3v) is 3.34. The molecule has 1 atom stereocenters. The van der Waals surface area contributed by atoms with Gasteiger partial charge in [-0.3, -0.25) is 4.79 Å². The summed E-state index contributed by atoms with van der Waals surface area (Å²) in [5.41, 5.74) is 0.542. The number of benzene rings is 1. The van der Waals surface area contributed by atoms with Crippen LogP contribution in [0.4, 0.5) is 18.9 Å². The Kier molecular flexibility index (Phi) is 6.86. The maximum Gasteiger partial charge on any atom is 0.411 e. The van der Waals surface area contributed by atoms with Crippen molar-refractivity contribution in [2.75, 3.05) is 31.7 Å². The second kappa shape index (κ2) is 8.89. The number of hydrogen-bond donors (Lipinski definition) is 1. The van der Waals surface area contributed by atoms with Gasteiger partial charge in [0.25, 0.3) is 0 Å². The van der Waals surface area contributed by atoms with E-state index in [0.717, 1.165) is 19.4 Å². The minimum Gasteiger partial charge on any atom is -0.491 e.